The Kier molecular flexibility index (Phi) is 4.23. The molecule has 86 valence electrons. The van der Waals surface area contributed by atoms with Crippen molar-refractivity contribution in [3.63, 3.8) is 0 Å². The fourth-order valence-electron chi connectivity index (χ4n) is 1.25. The minimum atomic E-state index is -0.0445. The standard InChI is InChI=1S/C10H12ClN3OS/c1-6(15)7-3-4-8(11)9(5-7)14(13-2)10(12)16/h3-5,13H,1-2H3,(H2,12,16). The van der Waals surface area contributed by atoms with Crippen molar-refractivity contribution in [3.8, 4) is 0 Å². The molecule has 4 nitrogen and oxygen atoms in total. The summed E-state index contributed by atoms with van der Waals surface area (Å²) >= 11 is 10.9. The molecular weight excluding hydrogens is 246 g/mol. The van der Waals surface area contributed by atoms with E-state index in [-0.39, 0.29) is 10.9 Å². The summed E-state index contributed by atoms with van der Waals surface area (Å²) in [5.74, 6) is -0.0445. The van der Waals surface area contributed by atoms with E-state index in [4.69, 9.17) is 29.6 Å². The van der Waals surface area contributed by atoms with Crippen molar-refractivity contribution < 1.29 is 4.79 Å². The summed E-state index contributed by atoms with van der Waals surface area (Å²) in [6.45, 7) is 1.48. The molecule has 1 aromatic carbocycles. The van der Waals surface area contributed by atoms with Crippen LogP contribution < -0.4 is 16.2 Å². The Balaban J connectivity index is 3.25. The second kappa shape index (κ2) is 5.25. The number of halogens is 1. The number of thiocarbonyl (C=S) groups is 1. The number of Topliss-reactive ketones (excluding diaryl/α,β-unsaturated/α-hetero) is 1. The van der Waals surface area contributed by atoms with Crippen molar-refractivity contribution in [1.82, 2.24) is 5.43 Å². The molecule has 0 aromatic heterocycles. The van der Waals surface area contributed by atoms with Crippen molar-refractivity contribution in [2.45, 2.75) is 6.92 Å². The van der Waals surface area contributed by atoms with E-state index in [1.807, 2.05) is 0 Å². The largest absolute Gasteiger partial charge is 0.375 e. The Labute approximate surface area is 104 Å². The Morgan fingerprint density at radius 1 is 1.56 bits per heavy atom. The average Bonchev–Trinajstić information content (AvgIpc) is 2.20. The van der Waals surface area contributed by atoms with Gasteiger partial charge in [-0.25, -0.2) is 5.43 Å². The maximum atomic E-state index is 11.2. The first kappa shape index (κ1) is 12.9. The van der Waals surface area contributed by atoms with Crippen molar-refractivity contribution in [2.24, 2.45) is 5.73 Å². The summed E-state index contributed by atoms with van der Waals surface area (Å²) in [6.07, 6.45) is 0. The predicted molar refractivity (Wildman–Crippen MR) is 69.8 cm³/mol. The van der Waals surface area contributed by atoms with Crippen LogP contribution in [-0.4, -0.2) is 17.9 Å². The van der Waals surface area contributed by atoms with Gasteiger partial charge in [-0.3, -0.25) is 9.80 Å². The van der Waals surface area contributed by atoms with E-state index in [0.717, 1.165) is 0 Å². The number of ketones is 1. The highest BCUT2D eigenvalue weighted by Gasteiger charge is 2.13. The zero-order chi connectivity index (χ0) is 12.3. The number of nitrogens with two attached hydrogens (primary N) is 1. The molecule has 6 heteroatoms. The highest BCUT2D eigenvalue weighted by molar-refractivity contribution is 7.80. The molecule has 0 heterocycles. The molecule has 3 N–H and O–H groups in total. The maximum absolute atomic E-state index is 11.2. The van der Waals surface area contributed by atoms with Gasteiger partial charge in [0.25, 0.3) is 0 Å². The summed E-state index contributed by atoms with van der Waals surface area (Å²) in [5.41, 5.74) is 9.43. The summed E-state index contributed by atoms with van der Waals surface area (Å²) in [6, 6.07) is 4.93. The summed E-state index contributed by atoms with van der Waals surface area (Å²) in [7, 11) is 1.66. The van der Waals surface area contributed by atoms with Crippen LogP contribution in [0.25, 0.3) is 0 Å². The van der Waals surface area contributed by atoms with Crippen LogP contribution >= 0.6 is 23.8 Å². The van der Waals surface area contributed by atoms with E-state index in [1.54, 1.807) is 25.2 Å². The van der Waals surface area contributed by atoms with Crippen LogP contribution in [0.2, 0.25) is 5.02 Å². The van der Waals surface area contributed by atoms with Crippen molar-refractivity contribution in [1.29, 1.82) is 0 Å². The van der Waals surface area contributed by atoms with Gasteiger partial charge in [0.1, 0.15) is 0 Å². The summed E-state index contributed by atoms with van der Waals surface area (Å²) in [4.78, 5) is 11.2. The third kappa shape index (κ3) is 2.69. The Bertz CT molecular complexity index is 436. The number of anilines is 1. The molecule has 0 aliphatic rings. The van der Waals surface area contributed by atoms with E-state index in [0.29, 0.717) is 16.3 Å². The Hall–Kier alpha value is -1.17. The lowest BCUT2D eigenvalue weighted by Crippen LogP contribution is -2.44. The van der Waals surface area contributed by atoms with Crippen LogP contribution in [-0.2, 0) is 0 Å². The van der Waals surface area contributed by atoms with Crippen LogP contribution in [0.5, 0.6) is 0 Å². The molecule has 0 radical (unpaired) electrons. The molecule has 0 aliphatic carbocycles. The lowest BCUT2D eigenvalue weighted by molar-refractivity contribution is 0.101. The molecule has 1 rings (SSSR count). The molecule has 0 saturated carbocycles. The van der Waals surface area contributed by atoms with Crippen LogP contribution in [0.3, 0.4) is 0 Å². The van der Waals surface area contributed by atoms with E-state index in [9.17, 15) is 4.79 Å². The van der Waals surface area contributed by atoms with Gasteiger partial charge in [-0.2, -0.15) is 0 Å². The highest BCUT2D eigenvalue weighted by Crippen LogP contribution is 2.26. The van der Waals surface area contributed by atoms with Crippen LogP contribution in [0, 0.1) is 0 Å². The summed E-state index contributed by atoms with van der Waals surface area (Å²) in [5, 5.41) is 2.03. The molecule has 16 heavy (non-hydrogen) atoms. The molecule has 0 unspecified atom stereocenters. The van der Waals surface area contributed by atoms with Crippen LogP contribution in [0.15, 0.2) is 18.2 Å². The SMILES string of the molecule is CNN(C(N)=S)c1cc(C(C)=O)ccc1Cl. The van der Waals surface area contributed by atoms with Crippen LogP contribution in [0.1, 0.15) is 17.3 Å². The number of nitrogens with one attached hydrogen (secondary N) is 1. The van der Waals surface area contributed by atoms with Gasteiger partial charge in [0.15, 0.2) is 10.9 Å². The molecule has 0 bridgehead atoms. The number of rotatable bonds is 3. The average molecular weight is 258 g/mol. The first-order valence-electron chi connectivity index (χ1n) is 4.54. The fourth-order valence-corrected chi connectivity index (χ4v) is 1.64. The molecule has 0 spiro atoms. The van der Waals surface area contributed by atoms with Gasteiger partial charge in [-0.1, -0.05) is 11.6 Å². The normalized spacial score (nSPS) is 9.94. The van der Waals surface area contributed by atoms with Crippen molar-refractivity contribution in [3.05, 3.63) is 28.8 Å². The molecular formula is C10H12ClN3OS. The number of nitrogens with zero attached hydrogens (tertiary/aromatic N) is 1. The van der Waals surface area contributed by atoms with Gasteiger partial charge in [0.05, 0.1) is 10.7 Å². The van der Waals surface area contributed by atoms with E-state index in [2.05, 4.69) is 5.43 Å². The van der Waals surface area contributed by atoms with Gasteiger partial charge in [-0.15, -0.1) is 0 Å². The number of benzene rings is 1. The highest BCUT2D eigenvalue weighted by atomic mass is 35.5. The first-order chi connectivity index (χ1) is 7.47. The first-order valence-corrected chi connectivity index (χ1v) is 5.33. The topological polar surface area (TPSA) is 58.4 Å². The van der Waals surface area contributed by atoms with Gasteiger partial charge in [0, 0.05) is 12.6 Å². The molecule has 0 fully saturated rings. The number of hydrogen-bond donors (Lipinski definition) is 2. The number of carbonyl (C=O) groups is 1. The Morgan fingerprint density at radius 2 is 2.19 bits per heavy atom. The van der Waals surface area contributed by atoms with E-state index < -0.39 is 0 Å². The monoisotopic (exact) mass is 257 g/mol. The molecule has 0 atom stereocenters. The lowest BCUT2D eigenvalue weighted by atomic mass is 10.1. The fraction of sp³-hybridized carbons (Fsp3) is 0.200. The molecule has 0 amide bonds. The number of hydrogen-bond acceptors (Lipinski definition) is 3. The van der Waals surface area contributed by atoms with Crippen molar-refractivity contribution >= 4 is 40.4 Å². The number of hydrazine groups is 1. The second-order valence-corrected chi connectivity index (χ2v) is 3.95. The third-order valence-electron chi connectivity index (χ3n) is 2.04. The zero-order valence-electron chi connectivity index (χ0n) is 8.95. The van der Waals surface area contributed by atoms with Gasteiger partial charge < -0.3 is 5.73 Å². The second-order valence-electron chi connectivity index (χ2n) is 3.12. The third-order valence-corrected chi connectivity index (χ3v) is 2.54. The molecule has 0 aliphatic heterocycles. The van der Waals surface area contributed by atoms with Crippen molar-refractivity contribution in [2.75, 3.05) is 12.1 Å². The van der Waals surface area contributed by atoms with Gasteiger partial charge in [0.2, 0.25) is 0 Å². The Morgan fingerprint density at radius 3 is 2.62 bits per heavy atom. The van der Waals surface area contributed by atoms with Gasteiger partial charge >= 0.3 is 0 Å². The lowest BCUT2D eigenvalue weighted by Gasteiger charge is -2.22. The minimum Gasteiger partial charge on any atom is -0.375 e. The smallest absolute Gasteiger partial charge is 0.185 e. The van der Waals surface area contributed by atoms with E-state index >= 15 is 0 Å². The van der Waals surface area contributed by atoms with Gasteiger partial charge in [-0.05, 0) is 37.3 Å². The molecule has 1 aromatic rings. The predicted octanol–water partition coefficient (Wildman–Crippen LogP) is 1.73. The maximum Gasteiger partial charge on any atom is 0.185 e. The molecule has 0 saturated heterocycles. The number of carbonyl (C=O) groups excluding carboxylic acids is 1. The minimum absolute atomic E-state index is 0.0445. The summed E-state index contributed by atoms with van der Waals surface area (Å²) < 4.78 is 0. The quantitative estimate of drug-likeness (QED) is 0.491. The van der Waals surface area contributed by atoms with Crippen LogP contribution in [0.4, 0.5) is 5.69 Å². The van der Waals surface area contributed by atoms with E-state index in [1.165, 1.54) is 11.9 Å². The zero-order valence-corrected chi connectivity index (χ0v) is 10.5.